The summed E-state index contributed by atoms with van der Waals surface area (Å²) in [4.78, 5) is 11.8. The van der Waals surface area contributed by atoms with Crippen molar-refractivity contribution in [3.05, 3.63) is 65.0 Å². The van der Waals surface area contributed by atoms with E-state index in [4.69, 9.17) is 14.6 Å². The van der Waals surface area contributed by atoms with Gasteiger partial charge < -0.3 is 14.6 Å². The molecule has 0 saturated heterocycles. The van der Waals surface area contributed by atoms with Gasteiger partial charge >= 0.3 is 5.97 Å². The van der Waals surface area contributed by atoms with Crippen LogP contribution in [0.15, 0.2) is 42.5 Å². The molecule has 0 saturated carbocycles. The van der Waals surface area contributed by atoms with Crippen LogP contribution >= 0.6 is 0 Å². The molecule has 0 aliphatic rings. The highest BCUT2D eigenvalue weighted by Crippen LogP contribution is 2.18. The van der Waals surface area contributed by atoms with Gasteiger partial charge in [0.15, 0.2) is 11.6 Å². The number of methoxy groups -OCH3 is 1. The summed E-state index contributed by atoms with van der Waals surface area (Å²) in [6, 6.07) is 10.8. The molecule has 21 heavy (non-hydrogen) atoms. The smallest absolute Gasteiger partial charge is 0.338 e. The summed E-state index contributed by atoms with van der Waals surface area (Å²) >= 11 is 0. The lowest BCUT2D eigenvalue weighted by molar-refractivity contribution is 0.0472. The second kappa shape index (κ2) is 6.85. The normalized spacial score (nSPS) is 10.2. The fourth-order valence-corrected chi connectivity index (χ4v) is 1.78. The molecule has 0 unspecified atom stereocenters. The molecule has 2 rings (SSSR count). The van der Waals surface area contributed by atoms with E-state index in [-0.39, 0.29) is 19.0 Å². The second-order valence-electron chi connectivity index (χ2n) is 4.40. The highest BCUT2D eigenvalue weighted by Gasteiger charge is 2.09. The molecule has 2 aromatic carbocycles. The van der Waals surface area contributed by atoms with Crippen LogP contribution in [0.3, 0.4) is 0 Å². The first-order valence-electron chi connectivity index (χ1n) is 6.33. The number of halogens is 1. The number of aliphatic hydroxyl groups excluding tert-OH is 1. The van der Waals surface area contributed by atoms with Crippen molar-refractivity contribution in [1.29, 1.82) is 0 Å². The number of esters is 1. The van der Waals surface area contributed by atoms with E-state index in [9.17, 15) is 9.18 Å². The Morgan fingerprint density at radius 1 is 1.14 bits per heavy atom. The van der Waals surface area contributed by atoms with Crippen LogP contribution in [0.4, 0.5) is 4.39 Å². The Bertz CT molecular complexity index is 623. The first kappa shape index (κ1) is 15.0. The number of carbonyl (C=O) groups is 1. The average molecular weight is 290 g/mol. The van der Waals surface area contributed by atoms with Gasteiger partial charge in [-0.3, -0.25) is 0 Å². The summed E-state index contributed by atoms with van der Waals surface area (Å²) in [5.41, 5.74) is 1.62. The number of hydrogen-bond acceptors (Lipinski definition) is 4. The van der Waals surface area contributed by atoms with Gasteiger partial charge in [0.1, 0.15) is 6.61 Å². The van der Waals surface area contributed by atoms with Gasteiger partial charge in [-0.2, -0.15) is 0 Å². The number of rotatable bonds is 5. The van der Waals surface area contributed by atoms with Gasteiger partial charge in [0.05, 0.1) is 19.3 Å². The molecule has 0 aliphatic heterocycles. The predicted molar refractivity (Wildman–Crippen MR) is 74.4 cm³/mol. The van der Waals surface area contributed by atoms with Crippen molar-refractivity contribution in [3.63, 3.8) is 0 Å². The minimum atomic E-state index is -0.504. The van der Waals surface area contributed by atoms with Gasteiger partial charge in [0.2, 0.25) is 0 Å². The SMILES string of the molecule is COc1ccc(COC(=O)c2ccc(CO)cc2)cc1F. The van der Waals surface area contributed by atoms with Crippen LogP contribution in [-0.2, 0) is 18.0 Å². The third kappa shape index (κ3) is 3.79. The van der Waals surface area contributed by atoms with Gasteiger partial charge in [0, 0.05) is 0 Å². The molecule has 0 radical (unpaired) electrons. The molecule has 0 aromatic heterocycles. The third-order valence-electron chi connectivity index (χ3n) is 2.96. The topological polar surface area (TPSA) is 55.8 Å². The maximum atomic E-state index is 13.5. The van der Waals surface area contributed by atoms with Crippen molar-refractivity contribution in [2.24, 2.45) is 0 Å². The molecule has 0 spiro atoms. The van der Waals surface area contributed by atoms with Gasteiger partial charge in [-0.15, -0.1) is 0 Å². The Hall–Kier alpha value is -2.40. The van der Waals surface area contributed by atoms with E-state index in [0.29, 0.717) is 16.7 Å². The van der Waals surface area contributed by atoms with E-state index >= 15 is 0 Å². The van der Waals surface area contributed by atoms with Crippen molar-refractivity contribution in [2.45, 2.75) is 13.2 Å². The van der Waals surface area contributed by atoms with E-state index in [2.05, 4.69) is 0 Å². The molecule has 0 atom stereocenters. The van der Waals surface area contributed by atoms with Crippen molar-refractivity contribution in [3.8, 4) is 5.75 Å². The van der Waals surface area contributed by atoms with Crippen LogP contribution in [0.2, 0.25) is 0 Å². The van der Waals surface area contributed by atoms with Crippen LogP contribution in [0.25, 0.3) is 0 Å². The van der Waals surface area contributed by atoms with Gasteiger partial charge in [-0.05, 0) is 35.4 Å². The molecule has 110 valence electrons. The van der Waals surface area contributed by atoms with Crippen molar-refractivity contribution in [1.82, 2.24) is 0 Å². The molecule has 1 N–H and O–H groups in total. The van der Waals surface area contributed by atoms with E-state index in [1.807, 2.05) is 0 Å². The molecule has 0 heterocycles. The first-order valence-corrected chi connectivity index (χ1v) is 6.33. The van der Waals surface area contributed by atoms with E-state index in [0.717, 1.165) is 0 Å². The second-order valence-corrected chi connectivity index (χ2v) is 4.40. The highest BCUT2D eigenvalue weighted by atomic mass is 19.1. The highest BCUT2D eigenvalue weighted by molar-refractivity contribution is 5.89. The quantitative estimate of drug-likeness (QED) is 0.860. The molecule has 5 heteroatoms. The molecular formula is C16H15FO4. The fraction of sp³-hybridized carbons (Fsp3) is 0.188. The van der Waals surface area contributed by atoms with Crippen LogP contribution < -0.4 is 4.74 Å². The lowest BCUT2D eigenvalue weighted by Gasteiger charge is -2.07. The zero-order valence-electron chi connectivity index (χ0n) is 11.5. The van der Waals surface area contributed by atoms with E-state index < -0.39 is 11.8 Å². The fourth-order valence-electron chi connectivity index (χ4n) is 1.78. The van der Waals surface area contributed by atoms with Crippen LogP contribution in [-0.4, -0.2) is 18.2 Å². The Balaban J connectivity index is 1.98. The minimum Gasteiger partial charge on any atom is -0.494 e. The van der Waals surface area contributed by atoms with Gasteiger partial charge in [-0.25, -0.2) is 9.18 Å². The molecule has 0 aliphatic carbocycles. The third-order valence-corrected chi connectivity index (χ3v) is 2.96. The zero-order chi connectivity index (χ0) is 15.2. The lowest BCUT2D eigenvalue weighted by atomic mass is 10.1. The lowest BCUT2D eigenvalue weighted by Crippen LogP contribution is -2.05. The molecule has 0 amide bonds. The summed E-state index contributed by atoms with van der Waals surface area (Å²) in [7, 11) is 1.38. The maximum absolute atomic E-state index is 13.5. The van der Waals surface area contributed by atoms with Crippen LogP contribution in [0.5, 0.6) is 5.75 Å². The Labute approximate surface area is 121 Å². The Morgan fingerprint density at radius 3 is 2.38 bits per heavy atom. The largest absolute Gasteiger partial charge is 0.494 e. The average Bonchev–Trinajstić information content (AvgIpc) is 2.52. The predicted octanol–water partition coefficient (Wildman–Crippen LogP) is 2.68. The molecule has 0 bridgehead atoms. The summed E-state index contributed by atoms with van der Waals surface area (Å²) in [5.74, 6) is -0.862. The first-order chi connectivity index (χ1) is 10.1. The van der Waals surface area contributed by atoms with E-state index in [1.165, 1.54) is 19.2 Å². The molecule has 0 fully saturated rings. The number of aliphatic hydroxyl groups is 1. The number of carbonyl (C=O) groups excluding carboxylic acids is 1. The molecule has 2 aromatic rings. The summed E-state index contributed by atoms with van der Waals surface area (Å²) in [5, 5.41) is 8.93. The minimum absolute atomic E-state index is 0.0263. The van der Waals surface area contributed by atoms with Crippen molar-refractivity contribution < 1.29 is 23.8 Å². The number of hydrogen-bond donors (Lipinski definition) is 1. The van der Waals surface area contributed by atoms with Gasteiger partial charge in [0.25, 0.3) is 0 Å². The standard InChI is InChI=1S/C16H15FO4/c1-20-15-7-4-12(8-14(15)17)10-21-16(19)13-5-2-11(9-18)3-6-13/h2-8,18H,9-10H2,1H3. The van der Waals surface area contributed by atoms with Gasteiger partial charge in [-0.1, -0.05) is 18.2 Å². The Kier molecular flexibility index (Phi) is 4.90. The summed E-state index contributed by atoms with van der Waals surface area (Å²) in [6.45, 7) is -0.109. The van der Waals surface area contributed by atoms with Crippen molar-refractivity contribution >= 4 is 5.97 Å². The monoisotopic (exact) mass is 290 g/mol. The maximum Gasteiger partial charge on any atom is 0.338 e. The molecular weight excluding hydrogens is 275 g/mol. The number of benzene rings is 2. The zero-order valence-corrected chi connectivity index (χ0v) is 11.5. The molecule has 4 nitrogen and oxygen atoms in total. The van der Waals surface area contributed by atoms with E-state index in [1.54, 1.807) is 30.3 Å². The van der Waals surface area contributed by atoms with Crippen LogP contribution in [0.1, 0.15) is 21.5 Å². The summed E-state index contributed by atoms with van der Waals surface area (Å²) < 4.78 is 23.4. The number of ether oxygens (including phenoxy) is 2. The summed E-state index contributed by atoms with van der Waals surface area (Å²) in [6.07, 6.45) is 0. The van der Waals surface area contributed by atoms with Crippen molar-refractivity contribution in [2.75, 3.05) is 7.11 Å². The van der Waals surface area contributed by atoms with Crippen LogP contribution in [0, 0.1) is 5.82 Å². The Morgan fingerprint density at radius 2 is 1.81 bits per heavy atom.